The second-order valence-corrected chi connectivity index (χ2v) is 9.81. The number of nitrogens with zero attached hydrogens (tertiary/aromatic N) is 2. The Morgan fingerprint density at radius 1 is 0.972 bits per heavy atom. The summed E-state index contributed by atoms with van der Waals surface area (Å²) >= 11 is 0. The average molecular weight is 486 g/mol. The summed E-state index contributed by atoms with van der Waals surface area (Å²) in [7, 11) is 0. The normalized spacial score (nSPS) is 13.3. The first-order valence-electron chi connectivity index (χ1n) is 12.9. The fourth-order valence-corrected chi connectivity index (χ4v) is 4.86. The molecule has 0 fully saturated rings. The van der Waals surface area contributed by atoms with Gasteiger partial charge in [0.2, 0.25) is 11.8 Å². The standard InChI is InChI=1S/C30H35N3O3/c1-4-25(29(35)31-19-21(2)3)33(20-22-11-6-5-7-12-22)27(34)17-10-18-32-26-16-9-14-23-13-8-15-24(28(23)26)30(32)36/h5-9,11-16,21,25H,4,10,17-20H2,1-3H3,(H,31,35)/t25-/m0/s1. The van der Waals surface area contributed by atoms with Gasteiger partial charge in [-0.15, -0.1) is 0 Å². The van der Waals surface area contributed by atoms with Gasteiger partial charge in [-0.05, 0) is 41.8 Å². The number of nitrogens with one attached hydrogen (secondary N) is 1. The lowest BCUT2D eigenvalue weighted by Crippen LogP contribution is -2.49. The Balaban J connectivity index is 1.46. The van der Waals surface area contributed by atoms with Crippen molar-refractivity contribution in [3.8, 4) is 0 Å². The molecule has 4 rings (SSSR count). The number of hydrogen-bond donors (Lipinski definition) is 1. The molecule has 6 heteroatoms. The maximum Gasteiger partial charge on any atom is 0.258 e. The number of amides is 3. The SMILES string of the molecule is CC[C@@H](C(=O)NCC(C)C)N(Cc1ccccc1)C(=O)CCCN1C(=O)c2cccc3cccc1c23. The number of carbonyl (C=O) groups excluding carboxylic acids is 3. The Labute approximate surface area is 213 Å². The van der Waals surface area contributed by atoms with Crippen LogP contribution < -0.4 is 10.2 Å². The molecule has 36 heavy (non-hydrogen) atoms. The summed E-state index contributed by atoms with van der Waals surface area (Å²) in [6, 6.07) is 20.9. The van der Waals surface area contributed by atoms with E-state index in [4.69, 9.17) is 0 Å². The highest BCUT2D eigenvalue weighted by Crippen LogP contribution is 2.37. The number of anilines is 1. The van der Waals surface area contributed by atoms with E-state index < -0.39 is 6.04 Å². The van der Waals surface area contributed by atoms with E-state index in [-0.39, 0.29) is 24.1 Å². The molecule has 188 valence electrons. The van der Waals surface area contributed by atoms with Crippen LogP contribution in [0.15, 0.2) is 66.7 Å². The zero-order chi connectivity index (χ0) is 25.7. The molecule has 3 aromatic carbocycles. The summed E-state index contributed by atoms with van der Waals surface area (Å²) in [4.78, 5) is 43.1. The molecule has 3 aromatic rings. The maximum atomic E-state index is 13.5. The Morgan fingerprint density at radius 3 is 2.39 bits per heavy atom. The van der Waals surface area contributed by atoms with Crippen molar-refractivity contribution < 1.29 is 14.4 Å². The molecule has 0 bridgehead atoms. The van der Waals surface area contributed by atoms with Crippen LogP contribution in [0.3, 0.4) is 0 Å². The highest BCUT2D eigenvalue weighted by molar-refractivity contribution is 6.25. The first-order valence-corrected chi connectivity index (χ1v) is 12.9. The Hall–Kier alpha value is -3.67. The minimum atomic E-state index is -0.539. The van der Waals surface area contributed by atoms with E-state index in [0.717, 1.165) is 22.0 Å². The summed E-state index contributed by atoms with van der Waals surface area (Å²) in [6.07, 6.45) is 1.31. The first kappa shape index (κ1) is 25.4. The number of benzene rings is 3. The van der Waals surface area contributed by atoms with Crippen LogP contribution in [0.25, 0.3) is 10.8 Å². The highest BCUT2D eigenvalue weighted by Gasteiger charge is 2.31. The van der Waals surface area contributed by atoms with Crippen LogP contribution in [-0.4, -0.2) is 41.8 Å². The van der Waals surface area contributed by atoms with Gasteiger partial charge in [0, 0.05) is 37.0 Å². The van der Waals surface area contributed by atoms with Crippen molar-refractivity contribution in [3.63, 3.8) is 0 Å². The van der Waals surface area contributed by atoms with Gasteiger partial charge in [-0.3, -0.25) is 14.4 Å². The van der Waals surface area contributed by atoms with Crippen molar-refractivity contribution in [1.29, 1.82) is 0 Å². The number of hydrogen-bond acceptors (Lipinski definition) is 3. The van der Waals surface area contributed by atoms with E-state index in [1.54, 1.807) is 9.80 Å². The summed E-state index contributed by atoms with van der Waals surface area (Å²) < 4.78 is 0. The van der Waals surface area contributed by atoms with Crippen LogP contribution in [0.5, 0.6) is 0 Å². The fourth-order valence-electron chi connectivity index (χ4n) is 4.86. The smallest absolute Gasteiger partial charge is 0.258 e. The monoisotopic (exact) mass is 485 g/mol. The van der Waals surface area contributed by atoms with Crippen molar-refractivity contribution in [3.05, 3.63) is 77.9 Å². The Bertz CT molecular complexity index is 1230. The third kappa shape index (κ3) is 5.43. The van der Waals surface area contributed by atoms with Gasteiger partial charge in [0.1, 0.15) is 6.04 Å². The second-order valence-electron chi connectivity index (χ2n) is 9.81. The highest BCUT2D eigenvalue weighted by atomic mass is 16.2. The minimum absolute atomic E-state index is 0.0186. The van der Waals surface area contributed by atoms with Crippen LogP contribution in [0.4, 0.5) is 5.69 Å². The molecule has 6 nitrogen and oxygen atoms in total. The zero-order valence-corrected chi connectivity index (χ0v) is 21.4. The maximum absolute atomic E-state index is 13.5. The molecule has 1 atom stereocenters. The first-order chi connectivity index (χ1) is 17.4. The van der Waals surface area contributed by atoms with Crippen LogP contribution in [0.1, 0.15) is 56.0 Å². The molecule has 0 aliphatic carbocycles. The quantitative estimate of drug-likeness (QED) is 0.408. The molecular formula is C30H35N3O3. The Kier molecular flexibility index (Phi) is 8.04. The lowest BCUT2D eigenvalue weighted by Gasteiger charge is -2.31. The summed E-state index contributed by atoms with van der Waals surface area (Å²) in [5, 5.41) is 5.02. The molecule has 0 spiro atoms. The molecule has 0 unspecified atom stereocenters. The predicted octanol–water partition coefficient (Wildman–Crippen LogP) is 5.16. The molecule has 1 heterocycles. The summed E-state index contributed by atoms with van der Waals surface area (Å²) in [6.45, 7) is 7.44. The van der Waals surface area contributed by atoms with E-state index in [1.165, 1.54) is 0 Å². The molecule has 0 radical (unpaired) electrons. The third-order valence-electron chi connectivity index (χ3n) is 6.69. The minimum Gasteiger partial charge on any atom is -0.354 e. The fraction of sp³-hybridized carbons (Fsp3) is 0.367. The molecule has 0 saturated carbocycles. The predicted molar refractivity (Wildman–Crippen MR) is 144 cm³/mol. The van der Waals surface area contributed by atoms with Gasteiger partial charge < -0.3 is 15.1 Å². The van der Waals surface area contributed by atoms with Gasteiger partial charge in [0.05, 0.1) is 5.69 Å². The van der Waals surface area contributed by atoms with Gasteiger partial charge in [-0.1, -0.05) is 75.4 Å². The van der Waals surface area contributed by atoms with E-state index in [0.29, 0.717) is 44.0 Å². The van der Waals surface area contributed by atoms with E-state index in [1.807, 2.05) is 87.5 Å². The molecule has 3 amide bonds. The zero-order valence-electron chi connectivity index (χ0n) is 21.4. The van der Waals surface area contributed by atoms with Crippen molar-refractivity contribution in [2.75, 3.05) is 18.0 Å². The molecule has 1 aliphatic heterocycles. The van der Waals surface area contributed by atoms with Gasteiger partial charge >= 0.3 is 0 Å². The molecule has 1 N–H and O–H groups in total. The van der Waals surface area contributed by atoms with Crippen LogP contribution in [0, 0.1) is 5.92 Å². The Morgan fingerprint density at radius 2 is 1.69 bits per heavy atom. The number of carbonyl (C=O) groups is 3. The molecular weight excluding hydrogens is 450 g/mol. The lowest BCUT2D eigenvalue weighted by molar-refractivity contribution is -0.141. The average Bonchev–Trinajstić information content (AvgIpc) is 3.16. The van der Waals surface area contributed by atoms with E-state index in [2.05, 4.69) is 5.32 Å². The molecule has 1 aliphatic rings. The van der Waals surface area contributed by atoms with Crippen molar-refractivity contribution in [2.24, 2.45) is 5.92 Å². The van der Waals surface area contributed by atoms with Crippen LogP contribution >= 0.6 is 0 Å². The van der Waals surface area contributed by atoms with Crippen LogP contribution in [-0.2, 0) is 16.1 Å². The van der Waals surface area contributed by atoms with Gasteiger partial charge in [-0.2, -0.15) is 0 Å². The number of rotatable bonds is 11. The summed E-state index contributed by atoms with van der Waals surface area (Å²) in [5.41, 5.74) is 2.60. The topological polar surface area (TPSA) is 69.7 Å². The van der Waals surface area contributed by atoms with Gasteiger partial charge in [-0.25, -0.2) is 0 Å². The lowest BCUT2D eigenvalue weighted by atomic mass is 10.1. The molecule has 0 aromatic heterocycles. The second kappa shape index (κ2) is 11.4. The van der Waals surface area contributed by atoms with Crippen LogP contribution in [0.2, 0.25) is 0 Å². The van der Waals surface area contributed by atoms with Gasteiger partial charge in [0.15, 0.2) is 0 Å². The summed E-state index contributed by atoms with van der Waals surface area (Å²) in [5.74, 6) is 0.117. The molecule has 0 saturated heterocycles. The van der Waals surface area contributed by atoms with Gasteiger partial charge in [0.25, 0.3) is 5.91 Å². The van der Waals surface area contributed by atoms with Crippen molar-refractivity contribution >= 4 is 34.2 Å². The van der Waals surface area contributed by atoms with E-state index >= 15 is 0 Å². The van der Waals surface area contributed by atoms with Crippen molar-refractivity contribution in [2.45, 2.75) is 52.6 Å². The van der Waals surface area contributed by atoms with E-state index in [9.17, 15) is 14.4 Å². The largest absolute Gasteiger partial charge is 0.354 e. The van der Waals surface area contributed by atoms with Crippen molar-refractivity contribution in [1.82, 2.24) is 10.2 Å². The third-order valence-corrected chi connectivity index (χ3v) is 6.69.